The van der Waals surface area contributed by atoms with Crippen LogP contribution < -0.4 is 14.8 Å². The third kappa shape index (κ3) is 3.64. The van der Waals surface area contributed by atoms with E-state index < -0.39 is 21.6 Å². The van der Waals surface area contributed by atoms with E-state index >= 15 is 0 Å². The lowest BCUT2D eigenvalue weighted by Crippen LogP contribution is -2.52. The molecule has 1 aromatic rings. The molecule has 0 atom stereocenters. The van der Waals surface area contributed by atoms with Gasteiger partial charge in [-0.15, -0.1) is 0 Å². The molecule has 0 unspecified atom stereocenters. The summed E-state index contributed by atoms with van der Waals surface area (Å²) in [6.45, 7) is -0.144. The fraction of sp³-hybridized carbons (Fsp3) is 0.588. The van der Waals surface area contributed by atoms with Crippen molar-refractivity contribution in [3.05, 3.63) is 18.2 Å². The normalized spacial score (nSPS) is 20.4. The summed E-state index contributed by atoms with van der Waals surface area (Å²) in [5, 5.41) is 2.66. The topological polar surface area (TPSA) is 84.9 Å². The van der Waals surface area contributed by atoms with Crippen LogP contribution in [0.1, 0.15) is 25.7 Å². The molecule has 0 radical (unpaired) electrons. The highest BCUT2D eigenvalue weighted by Gasteiger charge is 2.46. The van der Waals surface area contributed by atoms with Crippen molar-refractivity contribution in [3.8, 4) is 11.5 Å². The van der Waals surface area contributed by atoms with Crippen LogP contribution in [-0.4, -0.2) is 57.6 Å². The number of rotatable bonds is 6. The Morgan fingerprint density at radius 2 is 1.88 bits per heavy atom. The molecule has 1 amide bonds. The standard InChI is InChI=1S/C17H23FN2O5S/c1-24-13-5-6-14(25-2)15(11-13)26(22,23)20-9-7-17(18,8-10-20)16(21)19-12-3-4-12/h5-6,11-12H,3-4,7-10H2,1-2H3,(H,19,21). The second-order valence-corrected chi connectivity index (χ2v) is 8.54. The van der Waals surface area contributed by atoms with Gasteiger partial charge >= 0.3 is 0 Å². The van der Waals surface area contributed by atoms with E-state index in [0.717, 1.165) is 12.8 Å². The molecule has 144 valence electrons. The molecule has 7 nitrogen and oxygen atoms in total. The Kier molecular flexibility index (Phi) is 5.12. The number of benzene rings is 1. The van der Waals surface area contributed by atoms with E-state index in [1.54, 1.807) is 6.07 Å². The number of methoxy groups -OCH3 is 2. The smallest absolute Gasteiger partial charge is 0.257 e. The Morgan fingerprint density at radius 3 is 2.42 bits per heavy atom. The number of ether oxygens (including phenoxy) is 2. The van der Waals surface area contributed by atoms with E-state index in [0.29, 0.717) is 5.75 Å². The SMILES string of the molecule is COc1ccc(OC)c(S(=O)(=O)N2CCC(F)(C(=O)NC3CC3)CC2)c1. The van der Waals surface area contributed by atoms with Crippen LogP contribution in [0.25, 0.3) is 0 Å². The van der Waals surface area contributed by atoms with Crippen molar-refractivity contribution in [2.24, 2.45) is 0 Å². The van der Waals surface area contributed by atoms with Gasteiger partial charge in [0.2, 0.25) is 10.0 Å². The van der Waals surface area contributed by atoms with E-state index in [4.69, 9.17) is 9.47 Å². The Bertz CT molecular complexity index is 786. The Hall–Kier alpha value is -1.87. The average Bonchev–Trinajstić information content (AvgIpc) is 3.45. The van der Waals surface area contributed by atoms with Gasteiger partial charge in [-0.25, -0.2) is 12.8 Å². The molecule has 0 bridgehead atoms. The predicted octanol–water partition coefficient (Wildman–Crippen LogP) is 1.48. The number of alkyl halides is 1. The van der Waals surface area contributed by atoms with Gasteiger partial charge in [0.05, 0.1) is 14.2 Å². The maximum absolute atomic E-state index is 14.9. The van der Waals surface area contributed by atoms with Gasteiger partial charge in [0, 0.05) is 38.0 Å². The number of piperidine rings is 1. The van der Waals surface area contributed by atoms with Crippen molar-refractivity contribution in [1.29, 1.82) is 0 Å². The molecule has 26 heavy (non-hydrogen) atoms. The number of sulfonamides is 1. The summed E-state index contributed by atoms with van der Waals surface area (Å²) >= 11 is 0. The minimum absolute atomic E-state index is 0.0341. The number of hydrogen-bond donors (Lipinski definition) is 1. The third-order valence-electron chi connectivity index (χ3n) is 4.82. The zero-order valence-electron chi connectivity index (χ0n) is 14.8. The summed E-state index contributed by atoms with van der Waals surface area (Å²) in [6, 6.07) is 4.56. The van der Waals surface area contributed by atoms with Gasteiger partial charge in [-0.2, -0.15) is 4.31 Å². The molecular weight excluding hydrogens is 363 g/mol. The van der Waals surface area contributed by atoms with E-state index in [-0.39, 0.29) is 42.6 Å². The molecule has 1 aliphatic carbocycles. The van der Waals surface area contributed by atoms with E-state index in [1.807, 2.05) is 0 Å². The van der Waals surface area contributed by atoms with Crippen LogP contribution in [0.15, 0.2) is 23.1 Å². The molecule has 9 heteroatoms. The van der Waals surface area contributed by atoms with Gasteiger partial charge in [0.1, 0.15) is 16.4 Å². The fourth-order valence-electron chi connectivity index (χ4n) is 2.98. The predicted molar refractivity (Wildman–Crippen MR) is 92.5 cm³/mol. The second-order valence-electron chi connectivity index (χ2n) is 6.63. The summed E-state index contributed by atoms with van der Waals surface area (Å²) in [6.07, 6.45) is 1.41. The van der Waals surface area contributed by atoms with Crippen molar-refractivity contribution in [2.45, 2.75) is 42.3 Å². The first-order chi connectivity index (χ1) is 12.3. The largest absolute Gasteiger partial charge is 0.497 e. The van der Waals surface area contributed by atoms with Crippen LogP contribution in [0.4, 0.5) is 4.39 Å². The molecule has 1 aromatic carbocycles. The van der Waals surface area contributed by atoms with Crippen molar-refractivity contribution in [1.82, 2.24) is 9.62 Å². The van der Waals surface area contributed by atoms with Crippen LogP contribution >= 0.6 is 0 Å². The first-order valence-corrected chi connectivity index (χ1v) is 9.96. The third-order valence-corrected chi connectivity index (χ3v) is 6.74. The number of hydrogen-bond acceptors (Lipinski definition) is 5. The molecule has 0 aromatic heterocycles. The first kappa shape index (κ1) is 18.9. The highest BCUT2D eigenvalue weighted by atomic mass is 32.2. The summed E-state index contributed by atoms with van der Waals surface area (Å²) in [7, 11) is -1.07. The highest BCUT2D eigenvalue weighted by molar-refractivity contribution is 7.89. The molecule has 1 aliphatic heterocycles. The summed E-state index contributed by atoms with van der Waals surface area (Å²) in [5.74, 6) is -0.0598. The number of carbonyl (C=O) groups excluding carboxylic acids is 1. The van der Waals surface area contributed by atoms with Crippen molar-refractivity contribution >= 4 is 15.9 Å². The lowest BCUT2D eigenvalue weighted by atomic mass is 9.93. The van der Waals surface area contributed by atoms with Gasteiger partial charge < -0.3 is 14.8 Å². The van der Waals surface area contributed by atoms with Crippen LogP contribution in [0.5, 0.6) is 11.5 Å². The molecule has 2 aliphatic rings. The molecule has 0 spiro atoms. The van der Waals surface area contributed by atoms with E-state index in [2.05, 4.69) is 5.32 Å². The van der Waals surface area contributed by atoms with Gasteiger partial charge in [-0.1, -0.05) is 0 Å². The van der Waals surface area contributed by atoms with Crippen molar-refractivity contribution in [2.75, 3.05) is 27.3 Å². The average molecular weight is 386 g/mol. The maximum atomic E-state index is 14.9. The van der Waals surface area contributed by atoms with Crippen LogP contribution in [-0.2, 0) is 14.8 Å². The number of carbonyl (C=O) groups is 1. The van der Waals surface area contributed by atoms with E-state index in [9.17, 15) is 17.6 Å². The summed E-state index contributed by atoms with van der Waals surface area (Å²) < 4.78 is 52.3. The zero-order chi connectivity index (χ0) is 18.9. The Morgan fingerprint density at radius 1 is 1.23 bits per heavy atom. The monoisotopic (exact) mass is 386 g/mol. The number of amides is 1. The maximum Gasteiger partial charge on any atom is 0.257 e. The number of nitrogens with zero attached hydrogens (tertiary/aromatic N) is 1. The minimum atomic E-state index is -3.89. The highest BCUT2D eigenvalue weighted by Crippen LogP contribution is 2.35. The fourth-order valence-corrected chi connectivity index (χ4v) is 4.59. The van der Waals surface area contributed by atoms with Crippen LogP contribution in [0.3, 0.4) is 0 Å². The quantitative estimate of drug-likeness (QED) is 0.800. The summed E-state index contributed by atoms with van der Waals surface area (Å²) in [5.41, 5.74) is -2.02. The molecular formula is C17H23FN2O5S. The Labute approximate surface area is 152 Å². The molecule has 3 rings (SSSR count). The van der Waals surface area contributed by atoms with Gasteiger partial charge in [0.15, 0.2) is 5.67 Å². The van der Waals surface area contributed by atoms with Crippen LogP contribution in [0, 0.1) is 0 Å². The summed E-state index contributed by atoms with van der Waals surface area (Å²) in [4.78, 5) is 12.1. The molecule has 1 N–H and O–H groups in total. The zero-order valence-corrected chi connectivity index (χ0v) is 15.6. The lowest BCUT2D eigenvalue weighted by Gasteiger charge is -2.34. The second kappa shape index (κ2) is 7.03. The molecule has 1 saturated heterocycles. The molecule has 1 saturated carbocycles. The lowest BCUT2D eigenvalue weighted by molar-refractivity contribution is -0.135. The van der Waals surface area contributed by atoms with Crippen molar-refractivity contribution < 1.29 is 27.1 Å². The van der Waals surface area contributed by atoms with Crippen molar-refractivity contribution in [3.63, 3.8) is 0 Å². The minimum Gasteiger partial charge on any atom is -0.497 e. The Balaban J connectivity index is 1.76. The van der Waals surface area contributed by atoms with Gasteiger partial charge in [-0.05, 0) is 25.0 Å². The number of nitrogens with one attached hydrogen (secondary N) is 1. The number of halogens is 1. The molecule has 2 fully saturated rings. The van der Waals surface area contributed by atoms with Gasteiger partial charge in [-0.3, -0.25) is 4.79 Å². The van der Waals surface area contributed by atoms with Gasteiger partial charge in [0.25, 0.3) is 5.91 Å². The van der Waals surface area contributed by atoms with Crippen LogP contribution in [0.2, 0.25) is 0 Å². The molecule has 1 heterocycles. The van der Waals surface area contributed by atoms with E-state index in [1.165, 1.54) is 30.7 Å². The first-order valence-electron chi connectivity index (χ1n) is 8.52.